The number of aromatic nitrogens is 4. The first-order chi connectivity index (χ1) is 27.8. The van der Waals surface area contributed by atoms with Gasteiger partial charge in [-0.15, -0.1) is 0 Å². The van der Waals surface area contributed by atoms with E-state index in [1.54, 1.807) is 34.1 Å². The van der Waals surface area contributed by atoms with Crippen LogP contribution in [0, 0.1) is 0 Å². The normalized spacial score (nSPS) is 14.9. The Kier molecular flexibility index (Phi) is 14.8. The number of nitrogens with one attached hydrogen (secondary N) is 1. The summed E-state index contributed by atoms with van der Waals surface area (Å²) in [5, 5.41) is 9.13. The van der Waals surface area contributed by atoms with Gasteiger partial charge in [0.1, 0.15) is 13.1 Å². The number of anilines is 2. The van der Waals surface area contributed by atoms with Gasteiger partial charge in [-0.05, 0) is 48.5 Å². The van der Waals surface area contributed by atoms with E-state index in [2.05, 4.69) is 25.3 Å². The van der Waals surface area contributed by atoms with Crippen molar-refractivity contribution in [2.75, 3.05) is 62.2 Å². The summed E-state index contributed by atoms with van der Waals surface area (Å²) < 4.78 is 80.3. The zero-order valence-electron chi connectivity index (χ0n) is 30.8. The highest BCUT2D eigenvalue weighted by Gasteiger charge is 2.40. The number of carbonyl (C=O) groups excluding carboxylic acids is 3. The number of rotatable bonds is 9. The second-order valence-electron chi connectivity index (χ2n) is 13.1. The Morgan fingerprint density at radius 2 is 0.966 bits per heavy atom. The van der Waals surface area contributed by atoms with Crippen LogP contribution in [0.1, 0.15) is 22.8 Å². The minimum Gasteiger partial charge on any atom is -0.368 e. The van der Waals surface area contributed by atoms with Gasteiger partial charge in [0.2, 0.25) is 11.8 Å². The van der Waals surface area contributed by atoms with Crippen molar-refractivity contribution < 1.29 is 40.7 Å². The molecule has 0 unspecified atom stereocenters. The van der Waals surface area contributed by atoms with E-state index in [0.29, 0.717) is 62.4 Å². The minimum atomic E-state index is -4.81. The Morgan fingerprint density at radius 1 is 0.610 bits per heavy atom. The van der Waals surface area contributed by atoms with Gasteiger partial charge >= 0.3 is 18.4 Å². The van der Waals surface area contributed by atoms with Crippen molar-refractivity contribution >= 4 is 75.6 Å². The van der Waals surface area contributed by atoms with E-state index in [9.17, 15) is 40.7 Å². The molecular formula is C35H37Cl4F6N11O3. The number of nitrogens with zero attached hydrogens (tertiary/aromatic N) is 8. The van der Waals surface area contributed by atoms with E-state index in [-0.39, 0.29) is 30.4 Å². The Morgan fingerprint density at radius 3 is 1.31 bits per heavy atom. The maximum absolute atomic E-state index is 13.2. The number of urea groups is 1. The Bertz CT molecular complexity index is 2100. The number of halogens is 10. The standard InChI is InChI=1S/C18H19Cl2F3N6O2.C17H18Cl2F3N5O/c19-11-1-3-12(4-2-11)27-5-7-28(8-6-27)14(30)10-29-13(9-25-17(24)31)15(20)16(26-29)18(21,22)23;18-11-1-3-12(4-2-11)25-5-7-26(8-6-25)14(28)10-27-13(9-23)15(19)16(24-27)17(20,21)22/h1-4H,5-10H2,(H3,24,25,31);1-4H,5-10,23H2. The van der Waals surface area contributed by atoms with Crippen LogP contribution in [0.5, 0.6) is 0 Å². The Hall–Kier alpha value is -4.63. The fraction of sp³-hybridized carbons (Fsp3) is 0.400. The predicted octanol–water partition coefficient (Wildman–Crippen LogP) is 5.74. The molecule has 0 atom stereocenters. The van der Waals surface area contributed by atoms with Gasteiger partial charge in [-0.1, -0.05) is 46.4 Å². The highest BCUT2D eigenvalue weighted by molar-refractivity contribution is 6.32. The molecule has 59 heavy (non-hydrogen) atoms. The predicted molar refractivity (Wildman–Crippen MR) is 209 cm³/mol. The van der Waals surface area contributed by atoms with Gasteiger partial charge in [-0.25, -0.2) is 4.79 Å². The second-order valence-corrected chi connectivity index (χ2v) is 14.8. The van der Waals surface area contributed by atoms with E-state index in [4.69, 9.17) is 57.9 Å². The summed E-state index contributed by atoms with van der Waals surface area (Å²) in [5.41, 5.74) is 9.73. The molecule has 0 radical (unpaired) electrons. The third kappa shape index (κ3) is 11.6. The van der Waals surface area contributed by atoms with Gasteiger partial charge in [0.05, 0.1) is 28.0 Å². The summed E-state index contributed by atoms with van der Waals surface area (Å²) in [6.45, 7) is 2.53. The number of carbonyl (C=O) groups is 3. The van der Waals surface area contributed by atoms with Gasteiger partial charge in [0.25, 0.3) is 0 Å². The van der Waals surface area contributed by atoms with Crippen LogP contribution in [0.4, 0.5) is 42.5 Å². The molecule has 4 aromatic rings. The van der Waals surface area contributed by atoms with Crippen LogP contribution in [-0.4, -0.2) is 99.6 Å². The molecule has 320 valence electrons. The van der Waals surface area contributed by atoms with Crippen LogP contribution in [0.2, 0.25) is 20.1 Å². The van der Waals surface area contributed by atoms with Crippen molar-refractivity contribution in [1.82, 2.24) is 34.7 Å². The average molecular weight is 916 g/mol. The lowest BCUT2D eigenvalue weighted by Crippen LogP contribution is -2.49. The molecule has 2 aliphatic heterocycles. The van der Waals surface area contributed by atoms with E-state index in [0.717, 1.165) is 20.7 Å². The lowest BCUT2D eigenvalue weighted by Gasteiger charge is -2.36. The van der Waals surface area contributed by atoms with Crippen molar-refractivity contribution in [3.63, 3.8) is 0 Å². The second kappa shape index (κ2) is 19.2. The molecule has 2 aromatic carbocycles. The van der Waals surface area contributed by atoms with Crippen LogP contribution in [-0.2, 0) is 48.1 Å². The summed E-state index contributed by atoms with van der Waals surface area (Å²) in [6, 6.07) is 13.7. The molecule has 24 heteroatoms. The number of hydrogen-bond acceptors (Lipinski definition) is 8. The first-order valence-electron chi connectivity index (χ1n) is 17.7. The van der Waals surface area contributed by atoms with Gasteiger partial charge in [-0.2, -0.15) is 36.5 Å². The summed E-state index contributed by atoms with van der Waals surface area (Å²) in [5.74, 6) is -0.748. The largest absolute Gasteiger partial charge is 0.436 e. The number of hydrogen-bond donors (Lipinski definition) is 3. The first-order valence-corrected chi connectivity index (χ1v) is 19.2. The number of nitrogens with two attached hydrogens (primary N) is 2. The quantitative estimate of drug-likeness (QED) is 0.179. The molecule has 4 amide bonds. The number of primary amides is 1. The monoisotopic (exact) mass is 913 g/mol. The number of amides is 4. The SMILES string of the molecule is NC(=O)NCc1c(Cl)c(C(F)(F)F)nn1CC(=O)N1CCN(c2ccc(Cl)cc2)CC1.NCc1c(Cl)c(C(F)(F)F)nn1CC(=O)N1CCN(c2ccc(Cl)cc2)CC1. The highest BCUT2D eigenvalue weighted by atomic mass is 35.5. The topological polar surface area (TPSA) is 164 Å². The zero-order chi connectivity index (χ0) is 43.2. The molecule has 0 aliphatic carbocycles. The zero-order valence-corrected chi connectivity index (χ0v) is 33.9. The molecule has 2 aliphatic rings. The lowest BCUT2D eigenvalue weighted by molar-refractivity contribution is -0.142. The fourth-order valence-electron chi connectivity index (χ4n) is 6.30. The van der Waals surface area contributed by atoms with Crippen molar-refractivity contribution in [2.24, 2.45) is 11.5 Å². The molecule has 6 rings (SSSR count). The summed E-state index contributed by atoms with van der Waals surface area (Å²) in [4.78, 5) is 43.6. The van der Waals surface area contributed by atoms with E-state index < -0.39 is 58.8 Å². The van der Waals surface area contributed by atoms with Crippen molar-refractivity contribution in [2.45, 2.75) is 38.5 Å². The van der Waals surface area contributed by atoms with E-state index in [1.165, 1.54) is 0 Å². The van der Waals surface area contributed by atoms with Gasteiger partial charge in [0.15, 0.2) is 11.4 Å². The molecule has 5 N–H and O–H groups in total. The Balaban J connectivity index is 0.000000225. The van der Waals surface area contributed by atoms with Crippen molar-refractivity contribution in [3.8, 4) is 0 Å². The van der Waals surface area contributed by atoms with E-state index >= 15 is 0 Å². The number of benzene rings is 2. The smallest absolute Gasteiger partial charge is 0.368 e. The third-order valence-corrected chi connectivity index (χ3v) is 10.7. The van der Waals surface area contributed by atoms with Crippen molar-refractivity contribution in [3.05, 3.63) is 91.4 Å². The third-order valence-electron chi connectivity index (χ3n) is 9.37. The van der Waals surface area contributed by atoms with Crippen LogP contribution in [0.25, 0.3) is 0 Å². The molecule has 2 fully saturated rings. The van der Waals surface area contributed by atoms with Crippen LogP contribution in [0.15, 0.2) is 48.5 Å². The van der Waals surface area contributed by atoms with Crippen LogP contribution in [0.3, 0.4) is 0 Å². The van der Waals surface area contributed by atoms with Crippen LogP contribution < -0.4 is 26.6 Å². The highest BCUT2D eigenvalue weighted by Crippen LogP contribution is 2.37. The molecule has 2 saturated heterocycles. The lowest BCUT2D eigenvalue weighted by atomic mass is 10.2. The molecule has 0 spiro atoms. The van der Waals surface area contributed by atoms with Crippen molar-refractivity contribution in [1.29, 1.82) is 0 Å². The minimum absolute atomic E-state index is 0.0119. The number of alkyl halides is 6. The molecule has 14 nitrogen and oxygen atoms in total. The van der Waals surface area contributed by atoms with E-state index in [1.807, 2.05) is 24.3 Å². The summed E-state index contributed by atoms with van der Waals surface area (Å²) in [7, 11) is 0. The van der Waals surface area contributed by atoms with Crippen LogP contribution >= 0.6 is 46.4 Å². The maximum atomic E-state index is 13.2. The molecule has 0 saturated carbocycles. The number of piperazine rings is 2. The molecule has 4 heterocycles. The Labute approximate surface area is 353 Å². The fourth-order valence-corrected chi connectivity index (χ4v) is 7.18. The molecule has 0 bridgehead atoms. The van der Waals surface area contributed by atoms with Gasteiger partial charge in [-0.3, -0.25) is 19.0 Å². The summed E-state index contributed by atoms with van der Waals surface area (Å²) in [6.07, 6.45) is -9.52. The molecule has 2 aromatic heterocycles. The average Bonchev–Trinajstić information content (AvgIpc) is 3.69. The molecular weight excluding hydrogens is 878 g/mol. The first kappa shape index (κ1) is 45.5. The van der Waals surface area contributed by atoms with Gasteiger partial charge in [0, 0.05) is 80.3 Å². The summed E-state index contributed by atoms with van der Waals surface area (Å²) >= 11 is 23.4. The maximum Gasteiger partial charge on any atom is 0.436 e. The van der Waals surface area contributed by atoms with Gasteiger partial charge < -0.3 is 36.4 Å².